The van der Waals surface area contributed by atoms with E-state index in [1.165, 1.54) is 0 Å². The summed E-state index contributed by atoms with van der Waals surface area (Å²) in [6, 6.07) is 13.4. The van der Waals surface area contributed by atoms with E-state index < -0.39 is 6.04 Å². The average molecular weight is 431 g/mol. The van der Waals surface area contributed by atoms with E-state index in [0.29, 0.717) is 13.1 Å². The second kappa shape index (κ2) is 9.70. The zero-order chi connectivity index (χ0) is 20.0. The molecule has 0 fully saturated rings. The lowest BCUT2D eigenvalue weighted by atomic mass is 10.0. The first-order valence-electron chi connectivity index (χ1n) is 9.19. The normalized spacial score (nSPS) is 11.7. The van der Waals surface area contributed by atoms with Crippen molar-refractivity contribution in [3.05, 3.63) is 69.2 Å². The maximum absolute atomic E-state index is 13.1. The number of likely N-dealkylation sites (N-methyl/N-ethyl adjacent to an activating group) is 1. The Balaban J connectivity index is 2.28. The van der Waals surface area contributed by atoms with Crippen LogP contribution in [0.4, 0.5) is 0 Å². The summed E-state index contributed by atoms with van der Waals surface area (Å²) < 4.78 is 0.951. The molecular formula is C22H27BrN2O2. The van der Waals surface area contributed by atoms with Crippen LogP contribution in [0, 0.1) is 13.8 Å². The summed E-state index contributed by atoms with van der Waals surface area (Å²) in [5.74, 6) is -0.191. The Morgan fingerprint density at radius 2 is 1.89 bits per heavy atom. The zero-order valence-electron chi connectivity index (χ0n) is 16.4. The van der Waals surface area contributed by atoms with Crippen molar-refractivity contribution in [2.75, 3.05) is 6.54 Å². The van der Waals surface area contributed by atoms with Gasteiger partial charge in [-0.05, 0) is 56.5 Å². The van der Waals surface area contributed by atoms with Gasteiger partial charge in [0.15, 0.2) is 0 Å². The molecule has 2 aromatic rings. The molecule has 2 amide bonds. The van der Waals surface area contributed by atoms with Crippen molar-refractivity contribution < 1.29 is 9.59 Å². The fraction of sp³-hybridized carbons (Fsp3) is 0.364. The van der Waals surface area contributed by atoms with Gasteiger partial charge in [0.05, 0.1) is 6.42 Å². The van der Waals surface area contributed by atoms with E-state index >= 15 is 0 Å². The van der Waals surface area contributed by atoms with Gasteiger partial charge in [0, 0.05) is 17.6 Å². The summed E-state index contributed by atoms with van der Waals surface area (Å²) in [6.45, 7) is 8.61. The minimum atomic E-state index is -0.540. The number of benzene rings is 2. The lowest BCUT2D eigenvalue weighted by Gasteiger charge is -2.29. The number of nitrogens with one attached hydrogen (secondary N) is 1. The lowest BCUT2D eigenvalue weighted by molar-refractivity contribution is -0.140. The van der Waals surface area contributed by atoms with E-state index in [0.717, 1.165) is 26.7 Å². The highest BCUT2D eigenvalue weighted by Gasteiger charge is 2.26. The molecule has 1 atom stereocenters. The Kier molecular flexibility index (Phi) is 7.60. The van der Waals surface area contributed by atoms with Crippen molar-refractivity contribution in [3.63, 3.8) is 0 Å². The molecule has 0 aliphatic carbocycles. The van der Waals surface area contributed by atoms with Crippen LogP contribution in [0.3, 0.4) is 0 Å². The van der Waals surface area contributed by atoms with Crippen LogP contribution in [-0.4, -0.2) is 29.3 Å². The number of carbonyl (C=O) groups is 2. The molecule has 0 heterocycles. The first-order chi connectivity index (χ1) is 12.8. The Bertz CT molecular complexity index is 820. The topological polar surface area (TPSA) is 49.4 Å². The minimum Gasteiger partial charge on any atom is -0.355 e. The molecular weight excluding hydrogens is 404 g/mol. The van der Waals surface area contributed by atoms with Crippen LogP contribution in [0.5, 0.6) is 0 Å². The number of halogens is 1. The molecule has 144 valence electrons. The van der Waals surface area contributed by atoms with Gasteiger partial charge in [0.2, 0.25) is 11.8 Å². The molecule has 0 aliphatic rings. The average Bonchev–Trinajstić information content (AvgIpc) is 2.62. The fourth-order valence-corrected chi connectivity index (χ4v) is 3.44. The molecule has 0 aliphatic heterocycles. The van der Waals surface area contributed by atoms with Crippen molar-refractivity contribution in [2.24, 2.45) is 0 Å². The van der Waals surface area contributed by atoms with Gasteiger partial charge >= 0.3 is 0 Å². The SMILES string of the molecule is CCNC(=O)[C@@H](C)N(Cc1cccc(Br)c1)C(=O)Cc1cc(C)ccc1C. The van der Waals surface area contributed by atoms with Crippen molar-refractivity contribution >= 4 is 27.7 Å². The van der Waals surface area contributed by atoms with Crippen molar-refractivity contribution in [1.29, 1.82) is 0 Å². The molecule has 4 nitrogen and oxygen atoms in total. The summed E-state index contributed by atoms with van der Waals surface area (Å²) in [5.41, 5.74) is 4.19. The maximum atomic E-state index is 13.1. The van der Waals surface area contributed by atoms with Crippen molar-refractivity contribution in [3.8, 4) is 0 Å². The number of hydrogen-bond donors (Lipinski definition) is 1. The molecule has 2 rings (SSSR count). The van der Waals surface area contributed by atoms with Crippen LogP contribution in [0.15, 0.2) is 46.9 Å². The van der Waals surface area contributed by atoms with E-state index in [1.807, 2.05) is 63.2 Å². The molecule has 0 aromatic heterocycles. The van der Waals surface area contributed by atoms with Gasteiger partial charge in [0.25, 0.3) is 0 Å². The summed E-state index contributed by atoms with van der Waals surface area (Å²) in [6.07, 6.45) is 0.283. The van der Waals surface area contributed by atoms with Crippen LogP contribution >= 0.6 is 15.9 Å². The second-order valence-electron chi connectivity index (χ2n) is 6.83. The summed E-state index contributed by atoms with van der Waals surface area (Å²) >= 11 is 3.47. The monoisotopic (exact) mass is 430 g/mol. The van der Waals surface area contributed by atoms with Gasteiger partial charge in [-0.1, -0.05) is 51.8 Å². The van der Waals surface area contributed by atoms with E-state index in [4.69, 9.17) is 0 Å². The molecule has 5 heteroatoms. The molecule has 27 heavy (non-hydrogen) atoms. The van der Waals surface area contributed by atoms with E-state index in [-0.39, 0.29) is 18.2 Å². The van der Waals surface area contributed by atoms with Crippen LogP contribution in [0.2, 0.25) is 0 Å². The third-order valence-corrected chi connectivity index (χ3v) is 5.10. The quantitative estimate of drug-likeness (QED) is 0.716. The van der Waals surface area contributed by atoms with Crippen LogP contribution in [0.25, 0.3) is 0 Å². The lowest BCUT2D eigenvalue weighted by Crippen LogP contribution is -2.48. The van der Waals surface area contributed by atoms with E-state index in [9.17, 15) is 9.59 Å². The van der Waals surface area contributed by atoms with Gasteiger partial charge in [-0.15, -0.1) is 0 Å². The van der Waals surface area contributed by atoms with Gasteiger partial charge < -0.3 is 10.2 Å². The first-order valence-corrected chi connectivity index (χ1v) is 9.99. The summed E-state index contributed by atoms with van der Waals surface area (Å²) in [5, 5.41) is 2.82. The first kappa shape index (κ1) is 21.2. The molecule has 0 saturated heterocycles. The summed E-state index contributed by atoms with van der Waals surface area (Å²) in [7, 11) is 0. The summed E-state index contributed by atoms with van der Waals surface area (Å²) in [4.78, 5) is 27.2. The molecule has 0 unspecified atom stereocenters. The highest BCUT2D eigenvalue weighted by atomic mass is 79.9. The number of amides is 2. The van der Waals surface area contributed by atoms with Gasteiger partial charge in [-0.25, -0.2) is 0 Å². The molecule has 1 N–H and O–H groups in total. The minimum absolute atomic E-state index is 0.0533. The Morgan fingerprint density at radius 3 is 2.56 bits per heavy atom. The number of rotatable bonds is 7. The predicted molar refractivity (Wildman–Crippen MR) is 112 cm³/mol. The van der Waals surface area contributed by atoms with E-state index in [2.05, 4.69) is 21.2 Å². The Labute approximate surface area is 170 Å². The van der Waals surface area contributed by atoms with Crippen molar-refractivity contribution in [2.45, 2.75) is 46.7 Å². The van der Waals surface area contributed by atoms with Crippen LogP contribution < -0.4 is 5.32 Å². The number of hydrogen-bond acceptors (Lipinski definition) is 2. The van der Waals surface area contributed by atoms with Gasteiger partial charge in [0.1, 0.15) is 6.04 Å². The number of carbonyl (C=O) groups excluding carboxylic acids is 2. The van der Waals surface area contributed by atoms with Gasteiger partial charge in [-0.3, -0.25) is 9.59 Å². The molecule has 0 radical (unpaired) electrons. The second-order valence-corrected chi connectivity index (χ2v) is 7.74. The third-order valence-electron chi connectivity index (χ3n) is 4.61. The fourth-order valence-electron chi connectivity index (χ4n) is 2.99. The maximum Gasteiger partial charge on any atom is 0.242 e. The largest absolute Gasteiger partial charge is 0.355 e. The molecule has 0 spiro atoms. The number of nitrogens with zero attached hydrogens (tertiary/aromatic N) is 1. The highest BCUT2D eigenvalue weighted by molar-refractivity contribution is 9.10. The highest BCUT2D eigenvalue weighted by Crippen LogP contribution is 2.18. The Hall–Kier alpha value is -2.14. The smallest absolute Gasteiger partial charge is 0.242 e. The van der Waals surface area contributed by atoms with E-state index in [1.54, 1.807) is 11.8 Å². The Morgan fingerprint density at radius 1 is 1.15 bits per heavy atom. The number of aryl methyl sites for hydroxylation is 2. The zero-order valence-corrected chi connectivity index (χ0v) is 18.0. The molecule has 0 saturated carbocycles. The molecule has 2 aromatic carbocycles. The van der Waals surface area contributed by atoms with Crippen LogP contribution in [-0.2, 0) is 22.6 Å². The predicted octanol–water partition coefficient (Wildman–Crippen LogP) is 4.16. The standard InChI is InChI=1S/C22H27BrN2O2/c1-5-24-22(27)17(4)25(14-18-7-6-8-20(23)12-18)21(26)13-19-11-15(2)9-10-16(19)3/h6-12,17H,5,13-14H2,1-4H3,(H,24,27)/t17-/m1/s1. The van der Waals surface area contributed by atoms with Crippen molar-refractivity contribution in [1.82, 2.24) is 10.2 Å². The van der Waals surface area contributed by atoms with Crippen LogP contribution in [0.1, 0.15) is 36.1 Å². The third kappa shape index (κ3) is 5.93. The molecule has 0 bridgehead atoms. The van der Waals surface area contributed by atoms with Gasteiger partial charge in [-0.2, -0.15) is 0 Å².